The van der Waals surface area contributed by atoms with E-state index < -0.39 is 0 Å². The molecule has 0 unspecified atom stereocenters. The molecule has 4 heteroatoms. The van der Waals surface area contributed by atoms with Crippen LogP contribution >= 0.6 is 0 Å². The summed E-state index contributed by atoms with van der Waals surface area (Å²) in [5.41, 5.74) is 0. The van der Waals surface area contributed by atoms with Crippen molar-refractivity contribution in [2.45, 2.75) is 0 Å². The topological polar surface area (TPSA) is 17.1 Å². The van der Waals surface area contributed by atoms with Gasteiger partial charge >= 0.3 is 49.3 Å². The zero-order valence-corrected chi connectivity index (χ0v) is 9.17. The summed E-state index contributed by atoms with van der Waals surface area (Å²) in [6.07, 6.45) is 0. The second-order valence-electron chi connectivity index (χ2n) is 0. The molecule has 0 saturated heterocycles. The van der Waals surface area contributed by atoms with Crippen molar-refractivity contribution >= 4 is 0 Å². The van der Waals surface area contributed by atoms with Crippen molar-refractivity contribution in [3.63, 3.8) is 0 Å². The molecule has 0 N–H and O–H groups in total. The van der Waals surface area contributed by atoms with Crippen LogP contribution in [0.1, 0.15) is 1.43 Å². The summed E-state index contributed by atoms with van der Waals surface area (Å²) in [4.78, 5) is 0. The van der Waals surface area contributed by atoms with Crippen LogP contribution in [0.15, 0.2) is 0 Å². The van der Waals surface area contributed by atoms with E-state index in [1.165, 1.54) is 0 Å². The average Bonchev–Trinajstić information content (AvgIpc) is 1.00. The molecule has 1 radical (unpaired) electrons. The predicted molar refractivity (Wildman–Crippen MR) is 1.80 cm³/mol. The molecule has 0 spiro atoms. The van der Waals surface area contributed by atoms with Crippen molar-refractivity contribution in [2.75, 3.05) is 0 Å². The summed E-state index contributed by atoms with van der Waals surface area (Å²) in [6, 6.07) is 0. The Balaban J connectivity index is -0.00000000167. The van der Waals surface area contributed by atoms with Gasteiger partial charge in [0.25, 0.3) is 0 Å². The molecule has 0 bridgehead atoms. The Morgan fingerprint density at radius 1 is 1.50 bits per heavy atom. The second-order valence-corrected chi connectivity index (χ2v) is 0. The Morgan fingerprint density at radius 3 is 1.50 bits per heavy atom. The maximum atomic E-state index is 8.06. The van der Waals surface area contributed by atoms with Gasteiger partial charge in [-0.2, -0.15) is 0 Å². The fraction of sp³-hybridized carbons (Fsp3) is 0. The first-order valence-electron chi connectivity index (χ1n) is 0.154. The van der Waals surface area contributed by atoms with Gasteiger partial charge < -0.3 is 1.43 Å². The zero-order chi connectivity index (χ0) is 2.00. The van der Waals surface area contributed by atoms with Crippen molar-refractivity contribution in [3.8, 4) is 0 Å². The molecule has 0 aromatic heterocycles. The third kappa shape index (κ3) is 8.82. The van der Waals surface area contributed by atoms with Gasteiger partial charge in [-0.25, -0.2) is 0 Å². The van der Waals surface area contributed by atoms with Crippen LogP contribution in [0, 0.1) is 35.6 Å². The Labute approximate surface area is 84.7 Å². The number of rotatable bonds is 0. The van der Waals surface area contributed by atoms with Gasteiger partial charge in [0.05, 0.1) is 0 Å². The van der Waals surface area contributed by atoms with Gasteiger partial charge in [-0.15, -0.1) is 0 Å². The Kier molecular flexibility index (Phi) is 71.3. The molecule has 0 rings (SSSR count). The number of hydrogen-bond donors (Lipinski definition) is 0. The monoisotopic (exact) mass is 234 g/mol. The summed E-state index contributed by atoms with van der Waals surface area (Å²) in [7, 11) is 0. The molecule has 0 aliphatic rings. The van der Waals surface area contributed by atoms with Gasteiger partial charge in [0.2, 0.25) is 0 Å². The van der Waals surface area contributed by atoms with Gasteiger partial charge in [0.15, 0.2) is 0 Å². The molecular weight excluding hydrogens is 233 g/mol. The van der Waals surface area contributed by atoms with Crippen LogP contribution < -0.4 is 29.6 Å². The molecule has 0 amide bonds. The van der Waals surface area contributed by atoms with Gasteiger partial charge in [-0.3, -0.25) is 0 Å². The van der Waals surface area contributed by atoms with Crippen molar-refractivity contribution in [2.24, 2.45) is 0 Å². The van der Waals surface area contributed by atoms with Crippen LogP contribution in [0.5, 0.6) is 0 Å². The van der Waals surface area contributed by atoms with Crippen LogP contribution in [-0.2, 0) is 19.8 Å². The Bertz CT molecular complexity index is 11.6. The van der Waals surface area contributed by atoms with E-state index in [4.69, 9.17) is 3.83 Å². The van der Waals surface area contributed by atoms with Crippen LogP contribution in [0.3, 0.4) is 0 Å². The van der Waals surface area contributed by atoms with Gasteiger partial charge in [-0.05, 0) is 0 Å². The average molecular weight is 234 g/mol. The fourth-order valence-corrected chi connectivity index (χ4v) is 0. The molecule has 0 atom stereocenters. The molecule has 1 nitrogen and oxygen atoms in total. The quantitative estimate of drug-likeness (QED) is 0.408. The van der Waals surface area contributed by atoms with E-state index in [-0.39, 0.29) is 66.6 Å². The van der Waals surface area contributed by atoms with Gasteiger partial charge in [0, 0.05) is 35.6 Å². The fourth-order valence-electron chi connectivity index (χ4n) is 0. The van der Waals surface area contributed by atoms with Gasteiger partial charge in [-0.1, -0.05) is 0 Å². The summed E-state index contributed by atoms with van der Waals surface area (Å²) >= 11 is 1.69. The molecule has 0 aliphatic heterocycles. The molecule has 0 aromatic rings. The summed E-state index contributed by atoms with van der Waals surface area (Å²) in [5, 5.41) is 0. The van der Waals surface area contributed by atoms with Crippen molar-refractivity contribution < 1.29 is 86.4 Å². The molecule has 18 valence electrons. The van der Waals surface area contributed by atoms with E-state index in [1.807, 2.05) is 0 Å². The van der Waals surface area contributed by atoms with Crippen LogP contribution in [0.25, 0.3) is 0 Å². The van der Waals surface area contributed by atoms with E-state index in [9.17, 15) is 0 Å². The van der Waals surface area contributed by atoms with E-state index in [1.54, 1.807) is 15.9 Å². The van der Waals surface area contributed by atoms with Gasteiger partial charge in [0.1, 0.15) is 0 Å². The Hall–Kier alpha value is 2.51. The third-order valence-electron chi connectivity index (χ3n) is 0. The third-order valence-corrected chi connectivity index (χ3v) is 0. The summed E-state index contributed by atoms with van der Waals surface area (Å²) in [5.74, 6) is 0. The number of hydrogen-bond acceptors (Lipinski definition) is 1. The van der Waals surface area contributed by atoms with E-state index in [0.717, 1.165) is 0 Å². The molecule has 4 heavy (non-hydrogen) atoms. The van der Waals surface area contributed by atoms with E-state index in [0.29, 0.717) is 0 Å². The van der Waals surface area contributed by atoms with E-state index in [2.05, 4.69) is 0 Å². The van der Waals surface area contributed by atoms with Crippen molar-refractivity contribution in [1.29, 1.82) is 0 Å². The second kappa shape index (κ2) is 17.8. The van der Waals surface area contributed by atoms with Crippen LogP contribution in [0.2, 0.25) is 0 Å². The first kappa shape index (κ1) is 16.0. The van der Waals surface area contributed by atoms with Crippen molar-refractivity contribution in [3.05, 3.63) is 0 Å². The molecule has 0 aliphatic carbocycles. The standard InChI is InChI=1S/La.Mn.Na.O.H/q;;+1;;-1. The minimum atomic E-state index is 0. The summed E-state index contributed by atoms with van der Waals surface area (Å²) in [6.45, 7) is 0. The minimum absolute atomic E-state index is 0. The zero-order valence-electron chi connectivity index (χ0n) is 3.36. The van der Waals surface area contributed by atoms with Crippen molar-refractivity contribution in [1.82, 2.24) is 0 Å². The molecular formula is HLaMnNaO. The molecule has 0 heterocycles. The molecule has 0 saturated carbocycles. The summed E-state index contributed by atoms with van der Waals surface area (Å²) < 4.78 is 8.06. The Morgan fingerprint density at radius 2 is 1.50 bits per heavy atom. The van der Waals surface area contributed by atoms with Crippen LogP contribution in [0.4, 0.5) is 0 Å². The first-order valence-corrected chi connectivity index (χ1v) is 0.636. The van der Waals surface area contributed by atoms with E-state index >= 15 is 0 Å². The molecule has 0 fully saturated rings. The predicted octanol–water partition coefficient (Wildman–Crippen LogP) is -3.00. The normalized spacial score (nSPS) is 1.00. The SMILES string of the molecule is [H-].[La].[Na+].[O]=[Mn]. The molecule has 0 aromatic carbocycles. The first-order chi connectivity index (χ1) is 1.00. The van der Waals surface area contributed by atoms with Crippen LogP contribution in [-0.4, -0.2) is 0 Å². The maximum absolute atomic E-state index is 8.06.